The average molecular weight is 535 g/mol. The van der Waals surface area contributed by atoms with Crippen molar-refractivity contribution in [2.75, 3.05) is 18.2 Å². The number of nitrogens with one attached hydrogen (secondary N) is 1. The molecule has 0 bridgehead atoms. The van der Waals surface area contributed by atoms with E-state index in [1.807, 2.05) is 12.1 Å². The third-order valence-electron chi connectivity index (χ3n) is 4.06. The Morgan fingerprint density at radius 2 is 2.00 bits per heavy atom. The van der Waals surface area contributed by atoms with Crippen molar-refractivity contribution in [3.63, 3.8) is 0 Å². The number of hydrogen-bond donors (Lipinski definition) is 1. The molecule has 9 nitrogen and oxygen atoms in total. The maximum atomic E-state index is 12.2. The topological polar surface area (TPSA) is 116 Å². The van der Waals surface area contributed by atoms with E-state index in [1.54, 1.807) is 30.3 Å². The number of ketones is 1. The average Bonchev–Trinajstić information content (AvgIpc) is 3.42. The SMILES string of the molecule is COC(=O)Nc1nc2ccc(OCc3nnc(SCC(=O)c4ccc(Br)cc4)o3)cc2s1. The zero-order chi connectivity index (χ0) is 22.5. The van der Waals surface area contributed by atoms with Crippen LogP contribution >= 0.6 is 39.0 Å². The number of amides is 1. The van der Waals surface area contributed by atoms with E-state index in [9.17, 15) is 9.59 Å². The van der Waals surface area contributed by atoms with Gasteiger partial charge in [-0.05, 0) is 30.3 Å². The molecule has 0 atom stereocenters. The van der Waals surface area contributed by atoms with Crippen LogP contribution < -0.4 is 10.1 Å². The predicted octanol–water partition coefficient (Wildman–Crippen LogP) is 5.17. The lowest BCUT2D eigenvalue weighted by molar-refractivity contribution is 0.102. The second kappa shape index (κ2) is 10.1. The summed E-state index contributed by atoms with van der Waals surface area (Å²) in [5.41, 5.74) is 1.34. The predicted molar refractivity (Wildman–Crippen MR) is 123 cm³/mol. The Hall–Kier alpha value is -2.96. The maximum Gasteiger partial charge on any atom is 0.413 e. The molecular weight excluding hydrogens is 520 g/mol. The van der Waals surface area contributed by atoms with Crippen LogP contribution in [0.15, 0.2) is 56.6 Å². The van der Waals surface area contributed by atoms with E-state index in [0.29, 0.717) is 27.6 Å². The lowest BCUT2D eigenvalue weighted by Crippen LogP contribution is -2.10. The summed E-state index contributed by atoms with van der Waals surface area (Å²) >= 11 is 5.81. The fourth-order valence-corrected chi connectivity index (χ4v) is 4.35. The van der Waals surface area contributed by atoms with Gasteiger partial charge in [0, 0.05) is 10.0 Å². The Balaban J connectivity index is 1.31. The van der Waals surface area contributed by atoms with E-state index in [4.69, 9.17) is 9.15 Å². The van der Waals surface area contributed by atoms with Gasteiger partial charge in [-0.25, -0.2) is 9.78 Å². The van der Waals surface area contributed by atoms with E-state index in [0.717, 1.165) is 14.7 Å². The molecule has 1 N–H and O–H groups in total. The molecule has 0 spiro atoms. The van der Waals surface area contributed by atoms with Gasteiger partial charge in [-0.15, -0.1) is 10.2 Å². The fraction of sp³-hybridized carbons (Fsp3) is 0.150. The molecule has 12 heteroatoms. The Morgan fingerprint density at radius 3 is 2.78 bits per heavy atom. The van der Waals surface area contributed by atoms with Gasteiger partial charge in [0.25, 0.3) is 11.1 Å². The fourth-order valence-electron chi connectivity index (χ4n) is 2.53. The molecule has 0 fully saturated rings. The van der Waals surface area contributed by atoms with Crippen molar-refractivity contribution in [2.24, 2.45) is 0 Å². The molecule has 4 rings (SSSR count). The molecule has 32 heavy (non-hydrogen) atoms. The quantitative estimate of drug-likeness (QED) is 0.241. The second-order valence-electron chi connectivity index (χ2n) is 6.23. The number of hydrogen-bond acceptors (Lipinski definition) is 10. The summed E-state index contributed by atoms with van der Waals surface area (Å²) in [5, 5.41) is 11.2. The van der Waals surface area contributed by atoms with Crippen LogP contribution in [0.5, 0.6) is 5.75 Å². The van der Waals surface area contributed by atoms with Crippen molar-refractivity contribution >= 4 is 66.3 Å². The Labute approximate surface area is 198 Å². The minimum Gasteiger partial charge on any atom is -0.484 e. The van der Waals surface area contributed by atoms with Gasteiger partial charge >= 0.3 is 6.09 Å². The van der Waals surface area contributed by atoms with Crippen LogP contribution in [0.4, 0.5) is 9.93 Å². The van der Waals surface area contributed by atoms with Gasteiger partial charge in [-0.3, -0.25) is 10.1 Å². The summed E-state index contributed by atoms with van der Waals surface area (Å²) < 4.78 is 17.6. The van der Waals surface area contributed by atoms with Crippen LogP contribution in [-0.2, 0) is 11.3 Å². The molecule has 2 heterocycles. The highest BCUT2D eigenvalue weighted by atomic mass is 79.9. The normalized spacial score (nSPS) is 10.8. The van der Waals surface area contributed by atoms with Crippen molar-refractivity contribution in [2.45, 2.75) is 11.8 Å². The monoisotopic (exact) mass is 534 g/mol. The standard InChI is InChI=1S/C20H15BrN4O5S2/c1-28-19(27)23-18-22-14-7-6-13(8-16(14)32-18)29-9-17-24-25-20(30-17)31-10-15(26)11-2-4-12(21)5-3-11/h2-8H,9-10H2,1H3,(H,22,23,27). The number of methoxy groups -OCH3 is 1. The van der Waals surface area contributed by atoms with Crippen molar-refractivity contribution in [1.82, 2.24) is 15.2 Å². The van der Waals surface area contributed by atoms with Crippen LogP contribution in [0.3, 0.4) is 0 Å². The number of carbonyl (C=O) groups excluding carboxylic acids is 2. The van der Waals surface area contributed by atoms with Crippen LogP contribution in [-0.4, -0.2) is 39.9 Å². The van der Waals surface area contributed by atoms with Crippen molar-refractivity contribution in [3.8, 4) is 5.75 Å². The molecule has 2 aromatic carbocycles. The summed E-state index contributed by atoms with van der Waals surface area (Å²) in [7, 11) is 1.29. The summed E-state index contributed by atoms with van der Waals surface area (Å²) in [6, 6.07) is 12.5. The molecule has 2 aromatic heterocycles. The summed E-state index contributed by atoms with van der Waals surface area (Å²) in [4.78, 5) is 27.9. The number of halogens is 1. The molecule has 0 aliphatic rings. The van der Waals surface area contributed by atoms with Gasteiger partial charge in [0.1, 0.15) is 5.75 Å². The molecule has 0 aliphatic heterocycles. The molecule has 0 radical (unpaired) electrons. The number of nitrogens with zero attached hydrogens (tertiary/aromatic N) is 3. The van der Waals surface area contributed by atoms with Crippen molar-refractivity contribution in [3.05, 3.63) is 58.4 Å². The number of Topliss-reactive ketones (excluding diaryl/α,β-unsaturated/α-hetero) is 1. The minimum absolute atomic E-state index is 0.0302. The lowest BCUT2D eigenvalue weighted by atomic mass is 10.2. The highest BCUT2D eigenvalue weighted by Gasteiger charge is 2.13. The van der Waals surface area contributed by atoms with Gasteiger partial charge in [0.15, 0.2) is 17.5 Å². The molecule has 0 saturated heterocycles. The zero-order valence-electron chi connectivity index (χ0n) is 16.5. The van der Waals surface area contributed by atoms with E-state index >= 15 is 0 Å². The first-order valence-electron chi connectivity index (χ1n) is 9.12. The number of rotatable bonds is 8. The molecule has 0 aliphatic carbocycles. The number of fused-ring (bicyclic) bond motifs is 1. The maximum absolute atomic E-state index is 12.2. The molecule has 0 saturated carbocycles. The summed E-state index contributed by atoms with van der Waals surface area (Å²) in [6.45, 7) is 0.0752. The number of ether oxygens (including phenoxy) is 2. The first-order chi connectivity index (χ1) is 15.5. The number of thiazole rings is 1. The number of thioether (sulfide) groups is 1. The number of carbonyl (C=O) groups is 2. The zero-order valence-corrected chi connectivity index (χ0v) is 19.8. The van der Waals surface area contributed by atoms with Crippen LogP contribution in [0.25, 0.3) is 10.2 Å². The molecule has 1 amide bonds. The molecule has 4 aromatic rings. The summed E-state index contributed by atoms with van der Waals surface area (Å²) in [6.07, 6.45) is -0.580. The highest BCUT2D eigenvalue weighted by molar-refractivity contribution is 9.10. The van der Waals surface area contributed by atoms with Gasteiger partial charge in [0.2, 0.25) is 0 Å². The Bertz CT molecular complexity index is 1260. The van der Waals surface area contributed by atoms with E-state index < -0.39 is 6.09 Å². The van der Waals surface area contributed by atoms with E-state index in [1.165, 1.54) is 30.2 Å². The van der Waals surface area contributed by atoms with Crippen molar-refractivity contribution < 1.29 is 23.5 Å². The number of benzene rings is 2. The van der Waals surface area contributed by atoms with Crippen molar-refractivity contribution in [1.29, 1.82) is 0 Å². The summed E-state index contributed by atoms with van der Waals surface area (Å²) in [5.74, 6) is 1.04. The third kappa shape index (κ3) is 5.64. The van der Waals surface area contributed by atoms with Gasteiger partial charge in [0.05, 0.1) is 23.1 Å². The largest absolute Gasteiger partial charge is 0.484 e. The third-order valence-corrected chi connectivity index (χ3v) is 6.34. The number of aromatic nitrogens is 3. The van der Waals surface area contributed by atoms with Crippen LogP contribution in [0, 0.1) is 0 Å². The van der Waals surface area contributed by atoms with E-state index in [2.05, 4.69) is 41.2 Å². The van der Waals surface area contributed by atoms with Crippen LogP contribution in [0.1, 0.15) is 16.2 Å². The molecule has 0 unspecified atom stereocenters. The second-order valence-corrected chi connectivity index (χ2v) is 9.11. The van der Waals surface area contributed by atoms with Gasteiger partial charge in [-0.2, -0.15) is 0 Å². The lowest BCUT2D eigenvalue weighted by Gasteiger charge is -2.02. The Kier molecular flexibility index (Phi) is 7.02. The van der Waals surface area contributed by atoms with E-state index in [-0.39, 0.29) is 18.1 Å². The highest BCUT2D eigenvalue weighted by Crippen LogP contribution is 2.29. The van der Waals surface area contributed by atoms with Crippen LogP contribution in [0.2, 0.25) is 0 Å². The number of anilines is 1. The smallest absolute Gasteiger partial charge is 0.413 e. The Morgan fingerprint density at radius 1 is 1.19 bits per heavy atom. The molecule has 164 valence electrons. The molecular formula is C20H15BrN4O5S2. The first-order valence-corrected chi connectivity index (χ1v) is 11.7. The minimum atomic E-state index is -0.580. The first kappa shape index (κ1) is 22.2. The van der Waals surface area contributed by atoms with Gasteiger partial charge in [-0.1, -0.05) is 51.2 Å². The van der Waals surface area contributed by atoms with Gasteiger partial charge < -0.3 is 13.9 Å².